The number of hydrogen-bond donors (Lipinski definition) is 1. The van der Waals surface area contributed by atoms with Gasteiger partial charge in [0, 0.05) is 51.3 Å². The van der Waals surface area contributed by atoms with Crippen LogP contribution in [-0.2, 0) is 47.8 Å². The number of ether oxygens (including phenoxy) is 4. The summed E-state index contributed by atoms with van der Waals surface area (Å²) in [5.74, 6) is -3.36. The van der Waals surface area contributed by atoms with Crippen molar-refractivity contribution in [2.24, 2.45) is 0 Å². The zero-order valence-corrected chi connectivity index (χ0v) is 19.8. The van der Waals surface area contributed by atoms with E-state index in [0.717, 1.165) is 0 Å². The maximum atomic E-state index is 11.6. The van der Waals surface area contributed by atoms with Crippen LogP contribution in [0.2, 0.25) is 0 Å². The monoisotopic (exact) mass is 512 g/mol. The third-order valence-corrected chi connectivity index (χ3v) is 4.68. The second kappa shape index (κ2) is 16.2. The minimum absolute atomic E-state index is 0.0181. The standard InChI is InChI=1S/C22H31N3O11/c26-17(15-35-16-22(31)36-25-20(29)5-6-21(25)30)23-7-1-9-32-11-13-34-14-12-33-10-2-8-24-18(27)3-4-19(24)28/h3-4,16,31H,1-2,5-15H2,(H,23,26)/p-1. The molecule has 0 aromatic rings. The largest absolute Gasteiger partial charge is 0.541 e. The molecule has 200 valence electrons. The first-order chi connectivity index (χ1) is 17.4. The molecule has 0 bridgehead atoms. The molecular formula is C22H30N3O11-. The van der Waals surface area contributed by atoms with Crippen LogP contribution in [0, 0.1) is 0 Å². The van der Waals surface area contributed by atoms with E-state index in [0.29, 0.717) is 76.9 Å². The third-order valence-electron chi connectivity index (χ3n) is 4.68. The second-order valence-electron chi connectivity index (χ2n) is 7.48. The molecule has 14 heteroatoms. The molecule has 0 aromatic carbocycles. The van der Waals surface area contributed by atoms with Crippen molar-refractivity contribution in [3.63, 3.8) is 0 Å². The number of nitrogens with zero attached hydrogens (tertiary/aromatic N) is 2. The van der Waals surface area contributed by atoms with Gasteiger partial charge in [-0.1, -0.05) is 0 Å². The molecule has 1 saturated heterocycles. The fourth-order valence-corrected chi connectivity index (χ4v) is 2.93. The van der Waals surface area contributed by atoms with E-state index in [1.165, 1.54) is 17.1 Å². The van der Waals surface area contributed by atoms with E-state index in [1.807, 2.05) is 0 Å². The third kappa shape index (κ3) is 10.8. The lowest BCUT2D eigenvalue weighted by Gasteiger charge is -2.23. The minimum atomic E-state index is -1.07. The minimum Gasteiger partial charge on any atom is -0.541 e. The van der Waals surface area contributed by atoms with Crippen molar-refractivity contribution < 1.29 is 52.9 Å². The van der Waals surface area contributed by atoms with E-state index in [4.69, 9.17) is 18.9 Å². The number of imide groups is 2. The molecule has 2 aliphatic heterocycles. The quantitative estimate of drug-likeness (QED) is 0.116. The first-order valence-electron chi connectivity index (χ1n) is 11.4. The van der Waals surface area contributed by atoms with Gasteiger partial charge in [0.15, 0.2) is 6.61 Å². The predicted octanol–water partition coefficient (Wildman–Crippen LogP) is -1.89. The normalized spacial score (nSPS) is 15.8. The van der Waals surface area contributed by atoms with E-state index < -0.39 is 30.3 Å². The summed E-state index contributed by atoms with van der Waals surface area (Å²) in [5.41, 5.74) is 0. The molecule has 0 radical (unpaired) electrons. The lowest BCUT2D eigenvalue weighted by Crippen LogP contribution is -2.32. The topological polar surface area (TPSA) is 173 Å². The number of amides is 5. The first kappa shape index (κ1) is 28.7. The van der Waals surface area contributed by atoms with Crippen LogP contribution in [-0.4, -0.2) is 98.8 Å². The summed E-state index contributed by atoms with van der Waals surface area (Å²) in [6.45, 7) is 2.58. The highest BCUT2D eigenvalue weighted by atomic mass is 16.8. The Kier molecular flexibility index (Phi) is 13.0. The smallest absolute Gasteiger partial charge is 0.257 e. The Morgan fingerprint density at radius 1 is 0.889 bits per heavy atom. The fraction of sp³-hybridized carbons (Fsp3) is 0.591. The van der Waals surface area contributed by atoms with Gasteiger partial charge in [0.05, 0.1) is 26.4 Å². The number of carbonyl (C=O) groups excluding carboxylic acids is 5. The highest BCUT2D eigenvalue weighted by Crippen LogP contribution is 2.13. The van der Waals surface area contributed by atoms with Gasteiger partial charge in [-0.2, -0.15) is 0 Å². The number of hydroxylamine groups is 2. The Bertz CT molecular complexity index is 809. The van der Waals surface area contributed by atoms with Crippen LogP contribution in [0.1, 0.15) is 25.7 Å². The maximum absolute atomic E-state index is 11.6. The zero-order valence-electron chi connectivity index (χ0n) is 19.8. The zero-order chi connectivity index (χ0) is 26.2. The van der Waals surface area contributed by atoms with Gasteiger partial charge in [-0.05, 0) is 12.8 Å². The van der Waals surface area contributed by atoms with Gasteiger partial charge in [-0.25, -0.2) is 5.06 Å². The molecule has 14 nitrogen and oxygen atoms in total. The van der Waals surface area contributed by atoms with Crippen molar-refractivity contribution in [3.8, 4) is 0 Å². The molecule has 2 aliphatic rings. The van der Waals surface area contributed by atoms with Crippen molar-refractivity contribution in [2.75, 3.05) is 59.3 Å². The van der Waals surface area contributed by atoms with E-state index >= 15 is 0 Å². The highest BCUT2D eigenvalue weighted by molar-refractivity contribution is 6.12. The Morgan fingerprint density at radius 3 is 2.06 bits per heavy atom. The number of nitrogens with one attached hydrogen (secondary N) is 1. The summed E-state index contributed by atoms with van der Waals surface area (Å²) >= 11 is 0. The lowest BCUT2D eigenvalue weighted by molar-refractivity contribution is -0.384. The molecule has 2 heterocycles. The maximum Gasteiger partial charge on any atom is 0.257 e. The van der Waals surface area contributed by atoms with Gasteiger partial charge >= 0.3 is 0 Å². The van der Waals surface area contributed by atoms with E-state index in [2.05, 4.69) is 10.2 Å². The predicted molar refractivity (Wildman–Crippen MR) is 117 cm³/mol. The number of carbonyl (C=O) groups is 5. The van der Waals surface area contributed by atoms with Crippen LogP contribution in [0.25, 0.3) is 0 Å². The first-order valence-corrected chi connectivity index (χ1v) is 11.4. The molecule has 2 rings (SSSR count). The summed E-state index contributed by atoms with van der Waals surface area (Å²) in [4.78, 5) is 62.7. The Hall–Kier alpha value is -3.49. The van der Waals surface area contributed by atoms with Gasteiger partial charge < -0.3 is 34.2 Å². The summed E-state index contributed by atoms with van der Waals surface area (Å²) in [5, 5.41) is 14.4. The number of rotatable bonds is 19. The van der Waals surface area contributed by atoms with E-state index in [1.54, 1.807) is 0 Å². The number of hydrogen-bond acceptors (Lipinski definition) is 11. The van der Waals surface area contributed by atoms with Crippen LogP contribution in [0.5, 0.6) is 0 Å². The van der Waals surface area contributed by atoms with Gasteiger partial charge in [-0.15, -0.1) is 0 Å². The van der Waals surface area contributed by atoms with Crippen LogP contribution < -0.4 is 10.4 Å². The van der Waals surface area contributed by atoms with Crippen LogP contribution in [0.3, 0.4) is 0 Å². The average molecular weight is 512 g/mol. The van der Waals surface area contributed by atoms with Crippen LogP contribution >= 0.6 is 0 Å². The molecule has 0 unspecified atom stereocenters. The van der Waals surface area contributed by atoms with Crippen LogP contribution in [0.15, 0.2) is 24.4 Å². The van der Waals surface area contributed by atoms with Crippen molar-refractivity contribution in [1.82, 2.24) is 15.3 Å². The molecule has 36 heavy (non-hydrogen) atoms. The molecule has 1 fully saturated rings. The Morgan fingerprint density at radius 2 is 1.44 bits per heavy atom. The summed E-state index contributed by atoms with van der Waals surface area (Å²) in [6, 6.07) is 0. The molecular weight excluding hydrogens is 482 g/mol. The summed E-state index contributed by atoms with van der Waals surface area (Å²) in [6.07, 6.45) is 4.19. The SMILES string of the molecule is O=C(COC=C([O-])ON1C(=O)CCC1=O)NCCCOCCOCCOCCCN1C(=O)C=CC1=O. The van der Waals surface area contributed by atoms with Gasteiger partial charge in [0.1, 0.15) is 12.2 Å². The van der Waals surface area contributed by atoms with Crippen molar-refractivity contribution in [2.45, 2.75) is 25.7 Å². The molecule has 0 spiro atoms. The lowest BCUT2D eigenvalue weighted by atomic mass is 10.4. The Balaban J connectivity index is 1.33. The Labute approximate surface area is 207 Å². The molecule has 0 aromatic heterocycles. The average Bonchev–Trinajstić information content (AvgIpc) is 3.34. The molecule has 0 saturated carbocycles. The molecule has 0 aliphatic carbocycles. The van der Waals surface area contributed by atoms with Crippen molar-refractivity contribution in [1.29, 1.82) is 0 Å². The van der Waals surface area contributed by atoms with E-state index in [9.17, 15) is 29.1 Å². The van der Waals surface area contributed by atoms with Crippen LogP contribution in [0.4, 0.5) is 0 Å². The van der Waals surface area contributed by atoms with Gasteiger partial charge in [0.25, 0.3) is 17.7 Å². The molecule has 1 N–H and O–H groups in total. The van der Waals surface area contributed by atoms with Gasteiger partial charge in [-0.3, -0.25) is 28.9 Å². The van der Waals surface area contributed by atoms with E-state index in [-0.39, 0.29) is 24.7 Å². The van der Waals surface area contributed by atoms with Crippen molar-refractivity contribution >= 4 is 29.5 Å². The fourth-order valence-electron chi connectivity index (χ4n) is 2.93. The summed E-state index contributed by atoms with van der Waals surface area (Å²) in [7, 11) is 0. The highest BCUT2D eigenvalue weighted by Gasteiger charge is 2.27. The summed E-state index contributed by atoms with van der Waals surface area (Å²) < 4.78 is 20.9. The van der Waals surface area contributed by atoms with Crippen molar-refractivity contribution in [3.05, 3.63) is 24.4 Å². The second-order valence-corrected chi connectivity index (χ2v) is 7.48. The van der Waals surface area contributed by atoms with Gasteiger partial charge in [0.2, 0.25) is 11.8 Å². The molecule has 5 amide bonds. The molecule has 0 atom stereocenters.